The number of nitrogens with one attached hydrogen (secondary N) is 6. The van der Waals surface area contributed by atoms with Crippen LogP contribution >= 0.6 is 0 Å². The Balaban J connectivity index is 1.37. The van der Waals surface area contributed by atoms with Gasteiger partial charge >= 0.3 is 6.03 Å². The van der Waals surface area contributed by atoms with Crippen molar-refractivity contribution in [1.29, 1.82) is 0 Å². The molecule has 0 aliphatic carbocycles. The van der Waals surface area contributed by atoms with Crippen LogP contribution < -0.4 is 31.9 Å². The molecule has 0 radical (unpaired) electrons. The number of carbonyl (C=O) groups excluding carboxylic acids is 5. The molecular formula is C41H32N6O17S4. The van der Waals surface area contributed by atoms with Crippen molar-refractivity contribution in [2.75, 3.05) is 31.9 Å². The Bertz CT molecular complexity index is 3090. The molecule has 27 heteroatoms. The molecule has 0 aliphatic rings. The molecule has 0 unspecified atom stereocenters. The van der Waals surface area contributed by atoms with Crippen molar-refractivity contribution in [3.8, 4) is 0 Å². The van der Waals surface area contributed by atoms with E-state index in [0.29, 0.717) is 0 Å². The standard InChI is InChI=1S/C41H32N6O17S4/c48-37(44-29-9-1-5-13-33(29)65(53,54)55)23-17-24(38(49)45-30-10-2-6-14-34(30)66(56,57)58)20-27(19-23)42-41(52)43-28-21-25(39(50)46-31-11-3-7-15-35(31)67(59,60)61)18-26(22-28)40(51)47-32-12-4-8-16-36(32)68(62,63)64/h1-22H,(H,44,48)(H,45,49)(H,46,50)(H,47,51)(H2,42,43,52)(H,53,54,55)(H,56,57,58)(H,59,60,61)(H,62,63,64). The van der Waals surface area contributed by atoms with Crippen LogP contribution in [0.15, 0.2) is 153 Å². The fraction of sp³-hybridized carbons (Fsp3) is 0. The Kier molecular flexibility index (Phi) is 14.2. The number of hydrogen-bond acceptors (Lipinski definition) is 13. The molecule has 0 heterocycles. The van der Waals surface area contributed by atoms with Crippen molar-refractivity contribution < 1.29 is 75.9 Å². The number of anilines is 6. The summed E-state index contributed by atoms with van der Waals surface area (Å²) in [6, 6.07) is 23.4. The van der Waals surface area contributed by atoms with Crippen LogP contribution in [0, 0.1) is 0 Å². The zero-order valence-corrected chi connectivity index (χ0v) is 37.2. The molecule has 0 aliphatic heterocycles. The minimum absolute atomic E-state index is 0.359. The van der Waals surface area contributed by atoms with Crippen LogP contribution in [0.4, 0.5) is 38.9 Å². The summed E-state index contributed by atoms with van der Waals surface area (Å²) in [4.78, 5) is 65.3. The molecule has 68 heavy (non-hydrogen) atoms. The molecule has 352 valence electrons. The second-order valence-corrected chi connectivity index (χ2v) is 19.4. The summed E-state index contributed by atoms with van der Waals surface area (Å²) in [5, 5.41) is 13.7. The van der Waals surface area contributed by atoms with Gasteiger partial charge in [0.15, 0.2) is 0 Å². The molecule has 0 saturated heterocycles. The van der Waals surface area contributed by atoms with E-state index in [9.17, 15) is 75.9 Å². The van der Waals surface area contributed by atoms with Gasteiger partial charge < -0.3 is 31.9 Å². The first-order valence-electron chi connectivity index (χ1n) is 18.7. The zero-order valence-electron chi connectivity index (χ0n) is 33.9. The van der Waals surface area contributed by atoms with E-state index in [4.69, 9.17) is 0 Å². The third kappa shape index (κ3) is 12.3. The van der Waals surface area contributed by atoms with E-state index >= 15 is 0 Å². The first kappa shape index (κ1) is 49.5. The van der Waals surface area contributed by atoms with Gasteiger partial charge in [-0.05, 0) is 84.9 Å². The smallest absolute Gasteiger partial charge is 0.321 e. The Labute approximate surface area is 385 Å². The van der Waals surface area contributed by atoms with E-state index in [2.05, 4.69) is 31.9 Å². The third-order valence-electron chi connectivity index (χ3n) is 9.08. The summed E-state index contributed by atoms with van der Waals surface area (Å²) in [7, 11) is -19.5. The molecule has 6 amide bonds. The molecule has 0 fully saturated rings. The maximum absolute atomic E-state index is 13.7. The van der Waals surface area contributed by atoms with Crippen LogP contribution in [0.3, 0.4) is 0 Å². The highest BCUT2D eigenvalue weighted by molar-refractivity contribution is 7.86. The molecule has 23 nitrogen and oxygen atoms in total. The minimum Gasteiger partial charge on any atom is -0.321 e. The maximum atomic E-state index is 13.7. The minimum atomic E-state index is -4.88. The molecule has 0 bridgehead atoms. The molecule has 6 aromatic carbocycles. The number of urea groups is 1. The molecule has 6 rings (SSSR count). The van der Waals surface area contributed by atoms with Crippen LogP contribution in [0.1, 0.15) is 41.4 Å². The molecule has 10 N–H and O–H groups in total. The lowest BCUT2D eigenvalue weighted by molar-refractivity contribution is 0.101. The van der Waals surface area contributed by atoms with Gasteiger partial charge in [0.25, 0.3) is 64.1 Å². The average Bonchev–Trinajstić information content (AvgIpc) is 3.25. The highest BCUT2D eigenvalue weighted by atomic mass is 32.2. The normalized spacial score (nSPS) is 11.7. The molecule has 6 aromatic rings. The lowest BCUT2D eigenvalue weighted by atomic mass is 10.1. The summed E-state index contributed by atoms with van der Waals surface area (Å²) in [6.07, 6.45) is 0. The van der Waals surface area contributed by atoms with Gasteiger partial charge in [-0.2, -0.15) is 33.7 Å². The van der Waals surface area contributed by atoms with Crippen molar-refractivity contribution in [2.45, 2.75) is 19.6 Å². The number of amides is 6. The number of para-hydroxylation sites is 4. The molecular weight excluding hydrogens is 977 g/mol. The van der Waals surface area contributed by atoms with Gasteiger partial charge in [0, 0.05) is 33.6 Å². The SMILES string of the molecule is O=C(Nc1cc(C(=O)Nc2ccccc2S(=O)(=O)O)cc(C(=O)Nc2ccccc2S(=O)(=O)O)c1)Nc1cc(C(=O)Nc2ccccc2S(=O)(=O)O)cc(C(=O)Nc2ccccc2S(=O)(=O)O)c1. The lowest BCUT2D eigenvalue weighted by Gasteiger charge is -2.15. The van der Waals surface area contributed by atoms with E-state index in [0.717, 1.165) is 84.9 Å². The highest BCUT2D eigenvalue weighted by Crippen LogP contribution is 2.28. The molecule has 0 aromatic heterocycles. The van der Waals surface area contributed by atoms with E-state index in [-0.39, 0.29) is 11.4 Å². The van der Waals surface area contributed by atoms with Crippen LogP contribution in [-0.2, 0) is 40.5 Å². The van der Waals surface area contributed by atoms with Crippen molar-refractivity contribution >= 4 is 104 Å². The van der Waals surface area contributed by atoms with Gasteiger partial charge in [-0.3, -0.25) is 37.4 Å². The Morgan fingerprint density at radius 2 is 0.515 bits per heavy atom. The topological polar surface area (TPSA) is 375 Å². The van der Waals surface area contributed by atoms with E-state index in [1.54, 1.807) is 0 Å². The molecule has 0 saturated carbocycles. The van der Waals surface area contributed by atoms with Gasteiger partial charge in [-0.15, -0.1) is 0 Å². The molecule has 0 atom stereocenters. The number of hydrogen-bond donors (Lipinski definition) is 10. The Morgan fingerprint density at radius 3 is 0.721 bits per heavy atom. The van der Waals surface area contributed by atoms with Crippen LogP contribution in [-0.4, -0.2) is 81.5 Å². The molecule has 0 spiro atoms. The third-order valence-corrected chi connectivity index (χ3v) is 12.7. The van der Waals surface area contributed by atoms with Gasteiger partial charge in [0.05, 0.1) is 22.7 Å². The van der Waals surface area contributed by atoms with Gasteiger partial charge in [0.1, 0.15) is 19.6 Å². The average molecular weight is 1010 g/mol. The quantitative estimate of drug-likeness (QED) is 0.0617. The zero-order chi connectivity index (χ0) is 49.8. The van der Waals surface area contributed by atoms with Crippen LogP contribution in [0.2, 0.25) is 0 Å². The number of carbonyl (C=O) groups is 5. The predicted octanol–water partition coefficient (Wildman–Crippen LogP) is 5.33. The van der Waals surface area contributed by atoms with Gasteiger partial charge in [0.2, 0.25) is 0 Å². The first-order valence-corrected chi connectivity index (χ1v) is 24.4. The highest BCUT2D eigenvalue weighted by Gasteiger charge is 2.24. The number of benzene rings is 6. The first-order chi connectivity index (χ1) is 31.8. The van der Waals surface area contributed by atoms with E-state index in [1.807, 2.05) is 0 Å². The second kappa shape index (κ2) is 19.5. The van der Waals surface area contributed by atoms with Crippen LogP contribution in [0.25, 0.3) is 0 Å². The van der Waals surface area contributed by atoms with E-state index < -0.39 is 135 Å². The van der Waals surface area contributed by atoms with E-state index in [1.165, 1.54) is 48.5 Å². The number of rotatable bonds is 14. The monoisotopic (exact) mass is 1010 g/mol. The van der Waals surface area contributed by atoms with Crippen molar-refractivity contribution in [1.82, 2.24) is 0 Å². The van der Waals surface area contributed by atoms with Crippen molar-refractivity contribution in [3.63, 3.8) is 0 Å². The summed E-state index contributed by atoms with van der Waals surface area (Å²) < 4.78 is 135. The lowest BCUT2D eigenvalue weighted by Crippen LogP contribution is -2.23. The second-order valence-electron chi connectivity index (χ2n) is 13.9. The van der Waals surface area contributed by atoms with Crippen molar-refractivity contribution in [3.05, 3.63) is 156 Å². The summed E-state index contributed by atoms with van der Waals surface area (Å²) in [5.74, 6) is -4.45. The largest absolute Gasteiger partial charge is 0.323 e. The maximum Gasteiger partial charge on any atom is 0.323 e. The summed E-state index contributed by atoms with van der Waals surface area (Å²) >= 11 is 0. The summed E-state index contributed by atoms with van der Waals surface area (Å²) in [6.45, 7) is 0. The predicted molar refractivity (Wildman–Crippen MR) is 242 cm³/mol. The van der Waals surface area contributed by atoms with Gasteiger partial charge in [-0.25, -0.2) is 4.79 Å². The van der Waals surface area contributed by atoms with Gasteiger partial charge in [-0.1, -0.05) is 48.5 Å². The van der Waals surface area contributed by atoms with Crippen molar-refractivity contribution in [2.24, 2.45) is 0 Å². The fourth-order valence-electron chi connectivity index (χ4n) is 6.17. The van der Waals surface area contributed by atoms with Crippen LogP contribution in [0.5, 0.6) is 0 Å². The Morgan fingerprint density at radius 1 is 0.309 bits per heavy atom. The Hall–Kier alpha value is -7.89. The summed E-state index contributed by atoms with van der Waals surface area (Å²) in [5.41, 5.74) is -4.14. The fourth-order valence-corrected chi connectivity index (χ4v) is 8.76.